The second-order valence-electron chi connectivity index (χ2n) is 6.07. The van der Waals surface area contributed by atoms with Crippen LogP contribution in [-0.2, 0) is 14.4 Å². The number of carbonyl (C=O) groups is 3. The Morgan fingerprint density at radius 1 is 1.11 bits per heavy atom. The van der Waals surface area contributed by atoms with Crippen LogP contribution in [0.15, 0.2) is 54.1 Å². The van der Waals surface area contributed by atoms with Crippen LogP contribution in [0.3, 0.4) is 0 Å². The molecule has 7 nitrogen and oxygen atoms in total. The van der Waals surface area contributed by atoms with Crippen molar-refractivity contribution in [2.24, 2.45) is 0 Å². The topological polar surface area (TPSA) is 96.5 Å². The van der Waals surface area contributed by atoms with Gasteiger partial charge in [-0.15, -0.1) is 0 Å². The molecule has 1 saturated heterocycles. The summed E-state index contributed by atoms with van der Waals surface area (Å²) in [5.74, 6) is -1.01. The summed E-state index contributed by atoms with van der Waals surface area (Å²) in [5, 5.41) is 7.47. The summed E-state index contributed by atoms with van der Waals surface area (Å²) in [6.07, 6.45) is 1.42. The molecule has 0 saturated carbocycles. The van der Waals surface area contributed by atoms with E-state index in [-0.39, 0.29) is 23.2 Å². The zero-order chi connectivity index (χ0) is 20.1. The van der Waals surface area contributed by atoms with Crippen LogP contribution in [-0.4, -0.2) is 29.4 Å². The van der Waals surface area contributed by atoms with E-state index in [1.165, 1.54) is 6.08 Å². The van der Waals surface area contributed by atoms with Crippen molar-refractivity contribution in [2.75, 3.05) is 11.9 Å². The van der Waals surface area contributed by atoms with E-state index in [0.717, 1.165) is 5.56 Å². The number of anilines is 1. The number of benzene rings is 2. The molecular weight excluding hydrogens is 378 g/mol. The minimum Gasteiger partial charge on any atom is -0.484 e. The quantitative estimate of drug-likeness (QED) is 0.408. The van der Waals surface area contributed by atoms with Crippen LogP contribution in [0, 0.1) is 6.92 Å². The van der Waals surface area contributed by atoms with Crippen molar-refractivity contribution >= 4 is 46.8 Å². The molecule has 0 spiro atoms. The Labute approximate surface area is 166 Å². The third-order valence-electron chi connectivity index (χ3n) is 3.78. The fourth-order valence-corrected chi connectivity index (χ4v) is 2.72. The predicted octanol–water partition coefficient (Wildman–Crippen LogP) is 1.93. The Kier molecular flexibility index (Phi) is 5.81. The molecule has 3 N–H and O–H groups in total. The smallest absolute Gasteiger partial charge is 0.263 e. The van der Waals surface area contributed by atoms with E-state index in [9.17, 15) is 14.4 Å². The first kappa shape index (κ1) is 19.2. The van der Waals surface area contributed by atoms with Gasteiger partial charge in [0.1, 0.15) is 11.3 Å². The molecule has 2 aromatic rings. The SMILES string of the molecule is Cc1cccc(NC(=O)COc2cccc(C=C3C(=O)NC(=S)NC3=O)c2)c1. The van der Waals surface area contributed by atoms with Gasteiger partial charge in [0.2, 0.25) is 0 Å². The summed E-state index contributed by atoms with van der Waals surface area (Å²) >= 11 is 4.76. The number of nitrogens with one attached hydrogen (secondary N) is 3. The molecular formula is C20H17N3O4S. The van der Waals surface area contributed by atoms with Gasteiger partial charge in [-0.25, -0.2) is 0 Å². The van der Waals surface area contributed by atoms with Crippen LogP contribution in [0.5, 0.6) is 5.75 Å². The van der Waals surface area contributed by atoms with Gasteiger partial charge in [-0.2, -0.15) is 0 Å². The molecule has 0 bridgehead atoms. The van der Waals surface area contributed by atoms with Crippen molar-refractivity contribution in [3.05, 3.63) is 65.2 Å². The van der Waals surface area contributed by atoms with Crippen LogP contribution in [0.1, 0.15) is 11.1 Å². The molecule has 0 aromatic heterocycles. The van der Waals surface area contributed by atoms with Crippen molar-refractivity contribution in [2.45, 2.75) is 6.92 Å². The number of hydrogen-bond acceptors (Lipinski definition) is 5. The summed E-state index contributed by atoms with van der Waals surface area (Å²) in [6, 6.07) is 14.2. The molecule has 1 heterocycles. The number of rotatable bonds is 5. The number of thiocarbonyl (C=S) groups is 1. The Balaban J connectivity index is 1.64. The first-order valence-electron chi connectivity index (χ1n) is 8.38. The fraction of sp³-hybridized carbons (Fsp3) is 0.100. The second-order valence-corrected chi connectivity index (χ2v) is 6.48. The Hall–Kier alpha value is -3.52. The van der Waals surface area contributed by atoms with Gasteiger partial charge in [0.15, 0.2) is 11.7 Å². The van der Waals surface area contributed by atoms with Gasteiger partial charge in [-0.05, 0) is 60.6 Å². The van der Waals surface area contributed by atoms with Gasteiger partial charge >= 0.3 is 0 Å². The molecule has 3 amide bonds. The van der Waals surface area contributed by atoms with Gasteiger partial charge in [0, 0.05) is 5.69 Å². The van der Waals surface area contributed by atoms with Crippen molar-refractivity contribution in [3.63, 3.8) is 0 Å². The monoisotopic (exact) mass is 395 g/mol. The van der Waals surface area contributed by atoms with E-state index in [2.05, 4.69) is 16.0 Å². The summed E-state index contributed by atoms with van der Waals surface area (Å²) in [4.78, 5) is 35.9. The summed E-state index contributed by atoms with van der Waals surface area (Å²) in [5.41, 5.74) is 2.24. The third-order valence-corrected chi connectivity index (χ3v) is 3.99. The first-order chi connectivity index (χ1) is 13.4. The van der Waals surface area contributed by atoms with Gasteiger partial charge in [0.05, 0.1) is 0 Å². The lowest BCUT2D eigenvalue weighted by molar-refractivity contribution is -0.123. The molecule has 1 aliphatic heterocycles. The van der Waals surface area contributed by atoms with Crippen molar-refractivity contribution in [3.8, 4) is 5.75 Å². The van der Waals surface area contributed by atoms with E-state index in [1.807, 2.05) is 25.1 Å². The molecule has 8 heteroatoms. The minimum atomic E-state index is -0.572. The summed E-state index contributed by atoms with van der Waals surface area (Å²) < 4.78 is 5.51. The summed E-state index contributed by atoms with van der Waals surface area (Å²) in [6.45, 7) is 1.76. The average molecular weight is 395 g/mol. The lowest BCUT2D eigenvalue weighted by Gasteiger charge is -2.16. The maximum atomic E-state index is 12.0. The third kappa shape index (κ3) is 5.01. The molecule has 0 unspecified atom stereocenters. The van der Waals surface area contributed by atoms with E-state index < -0.39 is 11.8 Å². The molecule has 0 aliphatic carbocycles. The van der Waals surface area contributed by atoms with Gasteiger partial charge < -0.3 is 10.1 Å². The van der Waals surface area contributed by atoms with E-state index >= 15 is 0 Å². The zero-order valence-electron chi connectivity index (χ0n) is 14.9. The van der Waals surface area contributed by atoms with E-state index in [0.29, 0.717) is 17.0 Å². The van der Waals surface area contributed by atoms with Gasteiger partial charge in [0.25, 0.3) is 17.7 Å². The maximum absolute atomic E-state index is 12.0. The molecule has 142 valence electrons. The van der Waals surface area contributed by atoms with Crippen LogP contribution in [0.2, 0.25) is 0 Å². The summed E-state index contributed by atoms with van der Waals surface area (Å²) in [7, 11) is 0. The average Bonchev–Trinajstić information content (AvgIpc) is 2.63. The molecule has 1 aliphatic rings. The van der Waals surface area contributed by atoms with E-state index in [4.69, 9.17) is 17.0 Å². The molecule has 3 rings (SSSR count). The highest BCUT2D eigenvalue weighted by atomic mass is 32.1. The minimum absolute atomic E-state index is 0.0242. The lowest BCUT2D eigenvalue weighted by Crippen LogP contribution is -2.51. The molecule has 28 heavy (non-hydrogen) atoms. The van der Waals surface area contributed by atoms with Crippen molar-refractivity contribution < 1.29 is 19.1 Å². The number of aryl methyl sites for hydroxylation is 1. The number of carbonyl (C=O) groups excluding carboxylic acids is 3. The fourth-order valence-electron chi connectivity index (χ4n) is 2.54. The Morgan fingerprint density at radius 3 is 2.54 bits per heavy atom. The zero-order valence-corrected chi connectivity index (χ0v) is 15.8. The van der Waals surface area contributed by atoms with Crippen LogP contribution >= 0.6 is 12.2 Å². The van der Waals surface area contributed by atoms with Crippen molar-refractivity contribution in [1.29, 1.82) is 0 Å². The number of hydrogen-bond donors (Lipinski definition) is 3. The van der Waals surface area contributed by atoms with E-state index in [1.54, 1.807) is 30.3 Å². The molecule has 1 fully saturated rings. The number of ether oxygens (including phenoxy) is 1. The molecule has 0 radical (unpaired) electrons. The van der Waals surface area contributed by atoms with Gasteiger partial charge in [-0.1, -0.05) is 24.3 Å². The molecule has 0 atom stereocenters. The van der Waals surface area contributed by atoms with Crippen molar-refractivity contribution in [1.82, 2.24) is 10.6 Å². The van der Waals surface area contributed by atoms with Crippen LogP contribution in [0.25, 0.3) is 6.08 Å². The second kappa shape index (κ2) is 8.45. The van der Waals surface area contributed by atoms with Gasteiger partial charge in [-0.3, -0.25) is 25.0 Å². The lowest BCUT2D eigenvalue weighted by atomic mass is 10.1. The number of amides is 3. The Morgan fingerprint density at radius 2 is 1.82 bits per heavy atom. The first-order valence-corrected chi connectivity index (χ1v) is 8.79. The predicted molar refractivity (Wildman–Crippen MR) is 109 cm³/mol. The highest BCUT2D eigenvalue weighted by Crippen LogP contribution is 2.17. The largest absolute Gasteiger partial charge is 0.484 e. The molecule has 2 aromatic carbocycles. The highest BCUT2D eigenvalue weighted by molar-refractivity contribution is 7.80. The van der Waals surface area contributed by atoms with Crippen LogP contribution in [0.4, 0.5) is 5.69 Å². The maximum Gasteiger partial charge on any atom is 0.263 e. The highest BCUT2D eigenvalue weighted by Gasteiger charge is 2.25. The normalized spacial score (nSPS) is 13.5. The standard InChI is InChI=1S/C20H17N3O4S/c1-12-4-2-6-14(8-12)21-17(24)11-27-15-7-3-5-13(9-15)10-16-18(25)22-20(28)23-19(16)26/h2-10H,11H2,1H3,(H,21,24)(H2,22,23,25,26,28). The Bertz CT molecular complexity index is 978. The van der Waals surface area contributed by atoms with Crippen LogP contribution < -0.4 is 20.7 Å².